The zero-order chi connectivity index (χ0) is 12.0. The maximum Gasteiger partial charge on any atom is 0.269 e. The first-order chi connectivity index (χ1) is 6.72. The summed E-state index contributed by atoms with van der Waals surface area (Å²) in [6.45, 7) is 13.1. The smallest absolute Gasteiger partial charge is 0.258 e. The van der Waals surface area contributed by atoms with Gasteiger partial charge >= 0.3 is 0 Å². The van der Waals surface area contributed by atoms with Crippen molar-refractivity contribution < 1.29 is 4.92 Å². The standard InChI is InChI=1S/C7H9NO2.2C2H6/c1-3-5-7(6-4-2)8(9)10;2*1-2/h3-6H,1H2,2H3;2*1-2H3/b6-4-,7-5+;;. The van der Waals surface area contributed by atoms with Gasteiger partial charge in [-0.3, -0.25) is 10.1 Å². The van der Waals surface area contributed by atoms with E-state index in [-0.39, 0.29) is 5.70 Å². The largest absolute Gasteiger partial charge is 0.269 e. The lowest BCUT2D eigenvalue weighted by molar-refractivity contribution is -0.419. The maximum atomic E-state index is 10.1. The van der Waals surface area contributed by atoms with Gasteiger partial charge in [0.1, 0.15) is 0 Å². The zero-order valence-electron chi connectivity index (χ0n) is 9.78. The van der Waals surface area contributed by atoms with Crippen LogP contribution in [0.1, 0.15) is 34.6 Å². The molecule has 82 valence electrons. The van der Waals surface area contributed by atoms with Crippen LogP contribution in [-0.4, -0.2) is 4.92 Å². The molecular weight excluding hydrogens is 178 g/mol. The van der Waals surface area contributed by atoms with Gasteiger partial charge < -0.3 is 0 Å². The van der Waals surface area contributed by atoms with Gasteiger partial charge in [-0.25, -0.2) is 0 Å². The molecule has 0 saturated heterocycles. The second kappa shape index (κ2) is 17.6. The van der Waals surface area contributed by atoms with Crippen LogP contribution in [0.25, 0.3) is 0 Å². The summed E-state index contributed by atoms with van der Waals surface area (Å²) in [5.41, 5.74) is 0.0532. The summed E-state index contributed by atoms with van der Waals surface area (Å²) in [4.78, 5) is 9.66. The highest BCUT2D eigenvalue weighted by Crippen LogP contribution is 1.96. The summed E-state index contributed by atoms with van der Waals surface area (Å²) in [5, 5.41) is 10.1. The highest BCUT2D eigenvalue weighted by molar-refractivity contribution is 5.15. The minimum atomic E-state index is -0.457. The van der Waals surface area contributed by atoms with Crippen molar-refractivity contribution in [1.82, 2.24) is 0 Å². The molecule has 14 heavy (non-hydrogen) atoms. The third-order valence-corrected chi connectivity index (χ3v) is 0.837. The highest BCUT2D eigenvalue weighted by Gasteiger charge is 2.00. The molecule has 0 aliphatic heterocycles. The van der Waals surface area contributed by atoms with Crippen molar-refractivity contribution in [2.45, 2.75) is 34.6 Å². The van der Waals surface area contributed by atoms with Gasteiger partial charge in [0.2, 0.25) is 0 Å². The SMILES string of the molecule is C=C/C=C(\C=C/C)[N+](=O)[O-].CC.CC. The summed E-state index contributed by atoms with van der Waals surface area (Å²) < 4.78 is 0. The first-order valence-electron chi connectivity index (χ1n) is 4.82. The number of allylic oxidation sites excluding steroid dienone is 4. The van der Waals surface area contributed by atoms with E-state index in [1.807, 2.05) is 27.7 Å². The molecule has 0 aromatic heterocycles. The fourth-order valence-electron chi connectivity index (χ4n) is 0.469. The number of hydrogen-bond acceptors (Lipinski definition) is 2. The average Bonchev–Trinajstić information content (AvgIpc) is 2.23. The Kier molecular flexibility index (Phi) is 23.2. The average molecular weight is 199 g/mol. The van der Waals surface area contributed by atoms with Gasteiger partial charge in [0, 0.05) is 12.2 Å². The normalized spacial score (nSPS) is 9.36. The third kappa shape index (κ3) is 13.2. The van der Waals surface area contributed by atoms with Gasteiger partial charge in [-0.05, 0) is 6.92 Å². The van der Waals surface area contributed by atoms with Crippen molar-refractivity contribution in [1.29, 1.82) is 0 Å². The molecule has 0 aromatic rings. The number of hydrogen-bond donors (Lipinski definition) is 0. The Bertz CT molecular complexity index is 193. The first-order valence-corrected chi connectivity index (χ1v) is 4.82. The van der Waals surface area contributed by atoms with Gasteiger partial charge in [0.15, 0.2) is 0 Å². The summed E-state index contributed by atoms with van der Waals surface area (Å²) in [7, 11) is 0. The Morgan fingerprint density at radius 3 is 1.93 bits per heavy atom. The van der Waals surface area contributed by atoms with E-state index >= 15 is 0 Å². The Morgan fingerprint density at radius 2 is 1.71 bits per heavy atom. The molecule has 0 rings (SSSR count). The van der Waals surface area contributed by atoms with Crippen LogP contribution in [0.15, 0.2) is 36.6 Å². The Balaban J connectivity index is -0.000000266. The van der Waals surface area contributed by atoms with Gasteiger partial charge in [-0.1, -0.05) is 46.4 Å². The van der Waals surface area contributed by atoms with E-state index in [0.29, 0.717) is 0 Å². The van der Waals surface area contributed by atoms with Crippen LogP contribution in [0.4, 0.5) is 0 Å². The van der Waals surface area contributed by atoms with Gasteiger partial charge in [0.05, 0.1) is 4.92 Å². The molecule has 0 aliphatic carbocycles. The van der Waals surface area contributed by atoms with Gasteiger partial charge in [-0.2, -0.15) is 0 Å². The van der Waals surface area contributed by atoms with Crippen LogP contribution < -0.4 is 0 Å². The fraction of sp³-hybridized carbons (Fsp3) is 0.455. The summed E-state index contributed by atoms with van der Waals surface area (Å²) in [6, 6.07) is 0. The van der Waals surface area contributed by atoms with Crippen molar-refractivity contribution in [3.63, 3.8) is 0 Å². The van der Waals surface area contributed by atoms with Crippen LogP contribution >= 0.6 is 0 Å². The molecule has 0 radical (unpaired) electrons. The molecule has 0 heterocycles. The molecule has 0 N–H and O–H groups in total. The second-order valence-electron chi connectivity index (χ2n) is 1.58. The highest BCUT2D eigenvalue weighted by atomic mass is 16.6. The van der Waals surface area contributed by atoms with E-state index in [9.17, 15) is 10.1 Å². The van der Waals surface area contributed by atoms with Crippen molar-refractivity contribution in [2.24, 2.45) is 0 Å². The Labute approximate surface area is 87.0 Å². The monoisotopic (exact) mass is 199 g/mol. The maximum absolute atomic E-state index is 10.1. The van der Waals surface area contributed by atoms with E-state index in [2.05, 4.69) is 6.58 Å². The molecule has 0 amide bonds. The van der Waals surface area contributed by atoms with E-state index in [1.54, 1.807) is 13.0 Å². The number of nitro groups is 1. The molecule has 0 bridgehead atoms. The lowest BCUT2D eigenvalue weighted by Gasteiger charge is -1.85. The minimum Gasteiger partial charge on any atom is -0.258 e. The van der Waals surface area contributed by atoms with Crippen molar-refractivity contribution in [3.05, 3.63) is 46.7 Å². The summed E-state index contributed by atoms with van der Waals surface area (Å²) >= 11 is 0. The predicted octanol–water partition coefficient (Wildman–Crippen LogP) is 3.96. The van der Waals surface area contributed by atoms with Crippen molar-refractivity contribution in [3.8, 4) is 0 Å². The summed E-state index contributed by atoms with van der Waals surface area (Å²) in [5.74, 6) is 0. The minimum absolute atomic E-state index is 0.0532. The van der Waals surface area contributed by atoms with Gasteiger partial charge in [-0.15, -0.1) is 0 Å². The molecular formula is C11H21NO2. The Hall–Kier alpha value is -1.38. The molecule has 0 spiro atoms. The van der Waals surface area contributed by atoms with Crippen LogP contribution in [0.5, 0.6) is 0 Å². The molecule has 0 saturated carbocycles. The number of nitrogens with zero attached hydrogens (tertiary/aromatic N) is 1. The molecule has 0 aromatic carbocycles. The quantitative estimate of drug-likeness (QED) is 0.392. The van der Waals surface area contributed by atoms with E-state index in [4.69, 9.17) is 0 Å². The Morgan fingerprint density at radius 1 is 1.29 bits per heavy atom. The molecule has 0 aliphatic rings. The van der Waals surface area contributed by atoms with Crippen molar-refractivity contribution in [2.75, 3.05) is 0 Å². The molecule has 0 fully saturated rings. The van der Waals surface area contributed by atoms with Crippen LogP contribution in [-0.2, 0) is 0 Å². The molecule has 3 nitrogen and oxygen atoms in total. The van der Waals surface area contributed by atoms with E-state index in [1.165, 1.54) is 18.2 Å². The van der Waals surface area contributed by atoms with E-state index < -0.39 is 4.92 Å². The molecule has 0 atom stereocenters. The van der Waals surface area contributed by atoms with Crippen LogP contribution in [0.2, 0.25) is 0 Å². The lowest BCUT2D eigenvalue weighted by Crippen LogP contribution is -1.93. The lowest BCUT2D eigenvalue weighted by atomic mass is 10.3. The van der Waals surface area contributed by atoms with E-state index in [0.717, 1.165) is 0 Å². The topological polar surface area (TPSA) is 43.1 Å². The predicted molar refractivity (Wildman–Crippen MR) is 62.8 cm³/mol. The summed E-state index contributed by atoms with van der Waals surface area (Å²) in [6.07, 6.45) is 5.76. The van der Waals surface area contributed by atoms with Crippen molar-refractivity contribution >= 4 is 0 Å². The number of rotatable bonds is 3. The second-order valence-corrected chi connectivity index (χ2v) is 1.58. The zero-order valence-corrected chi connectivity index (χ0v) is 9.78. The van der Waals surface area contributed by atoms with Gasteiger partial charge in [0.25, 0.3) is 5.70 Å². The van der Waals surface area contributed by atoms with Crippen LogP contribution in [0.3, 0.4) is 0 Å². The molecule has 0 unspecified atom stereocenters. The third-order valence-electron chi connectivity index (χ3n) is 0.837. The first kappa shape index (κ1) is 18.4. The van der Waals surface area contributed by atoms with Crippen LogP contribution in [0, 0.1) is 10.1 Å². The fourth-order valence-corrected chi connectivity index (χ4v) is 0.469. The molecule has 3 heteroatoms.